The van der Waals surface area contributed by atoms with Gasteiger partial charge in [-0.15, -0.1) is 0 Å². The second kappa shape index (κ2) is 8.82. The Balaban J connectivity index is 1.63. The van der Waals surface area contributed by atoms with Crippen molar-refractivity contribution in [1.29, 1.82) is 0 Å². The van der Waals surface area contributed by atoms with Crippen LogP contribution in [0.15, 0.2) is 48.5 Å². The Labute approximate surface area is 169 Å². The summed E-state index contributed by atoms with van der Waals surface area (Å²) in [5.74, 6) is -1.16. The van der Waals surface area contributed by atoms with Crippen LogP contribution in [0.3, 0.4) is 0 Å². The largest absolute Gasteiger partial charge is 0.454 e. The minimum absolute atomic E-state index is 0.165. The molecule has 29 heavy (non-hydrogen) atoms. The van der Waals surface area contributed by atoms with Gasteiger partial charge >= 0.3 is 5.97 Å². The van der Waals surface area contributed by atoms with Crippen LogP contribution in [0.2, 0.25) is 0 Å². The molecular formula is C23H23NO5. The van der Waals surface area contributed by atoms with E-state index in [0.29, 0.717) is 17.2 Å². The minimum Gasteiger partial charge on any atom is -0.454 e. The predicted molar refractivity (Wildman–Crippen MR) is 108 cm³/mol. The van der Waals surface area contributed by atoms with Crippen LogP contribution in [-0.2, 0) is 14.3 Å². The van der Waals surface area contributed by atoms with Gasteiger partial charge in [-0.1, -0.05) is 44.2 Å². The Bertz CT molecular complexity index is 932. The van der Waals surface area contributed by atoms with E-state index in [4.69, 9.17) is 4.74 Å². The Kier molecular flexibility index (Phi) is 6.22. The van der Waals surface area contributed by atoms with E-state index in [-0.39, 0.29) is 42.6 Å². The number of Topliss-reactive ketones (excluding diaryl/α,β-unsaturated/α-hetero) is 1. The van der Waals surface area contributed by atoms with Gasteiger partial charge in [0.25, 0.3) is 0 Å². The van der Waals surface area contributed by atoms with Gasteiger partial charge in [-0.3, -0.25) is 19.3 Å². The van der Waals surface area contributed by atoms with Crippen molar-refractivity contribution in [1.82, 2.24) is 0 Å². The molecule has 1 atom stereocenters. The lowest BCUT2D eigenvalue weighted by Crippen LogP contribution is -2.28. The molecule has 2 amide bonds. The van der Waals surface area contributed by atoms with Crippen LogP contribution in [-0.4, -0.2) is 30.2 Å². The molecule has 0 unspecified atom stereocenters. The summed E-state index contributed by atoms with van der Waals surface area (Å²) >= 11 is 0. The molecule has 0 aliphatic carbocycles. The average Bonchev–Trinajstić information content (AvgIpc) is 3.09. The number of imide groups is 1. The van der Waals surface area contributed by atoms with Crippen molar-refractivity contribution < 1.29 is 23.9 Å². The van der Waals surface area contributed by atoms with E-state index in [9.17, 15) is 19.2 Å². The number of rotatable bonds is 7. The van der Waals surface area contributed by atoms with Crippen LogP contribution in [0.1, 0.15) is 65.3 Å². The molecule has 2 aromatic carbocycles. The van der Waals surface area contributed by atoms with Gasteiger partial charge in [0.05, 0.1) is 11.3 Å². The summed E-state index contributed by atoms with van der Waals surface area (Å²) in [6.45, 7) is 3.84. The Hall–Kier alpha value is -3.28. The molecule has 1 fully saturated rings. The third-order valence-electron chi connectivity index (χ3n) is 5.14. The topological polar surface area (TPSA) is 80.8 Å². The normalized spacial score (nSPS) is 14.8. The number of hydrogen-bond donors (Lipinski definition) is 0. The highest BCUT2D eigenvalue weighted by Crippen LogP contribution is 2.24. The van der Waals surface area contributed by atoms with E-state index in [2.05, 4.69) is 13.8 Å². The molecule has 0 aromatic heterocycles. The van der Waals surface area contributed by atoms with Gasteiger partial charge in [-0.2, -0.15) is 0 Å². The molecule has 150 valence electrons. The molecule has 0 radical (unpaired) electrons. The molecule has 6 heteroatoms. The van der Waals surface area contributed by atoms with Gasteiger partial charge in [0.15, 0.2) is 12.4 Å². The lowest BCUT2D eigenvalue weighted by atomic mass is 9.97. The van der Waals surface area contributed by atoms with Crippen LogP contribution < -0.4 is 4.90 Å². The first kappa shape index (κ1) is 20.5. The Morgan fingerprint density at radius 1 is 1.00 bits per heavy atom. The fourth-order valence-electron chi connectivity index (χ4n) is 3.17. The number of nitrogens with zero attached hydrogens (tertiary/aromatic N) is 1. The number of esters is 1. The minimum atomic E-state index is -0.685. The molecule has 1 heterocycles. The molecule has 0 bridgehead atoms. The summed E-state index contributed by atoms with van der Waals surface area (Å²) in [7, 11) is 0. The number of anilines is 1. The van der Waals surface area contributed by atoms with Gasteiger partial charge < -0.3 is 4.74 Å². The quantitative estimate of drug-likeness (QED) is 0.405. The standard InChI is InChI=1S/C23H23NO5/c1-3-15(2)16-7-9-17(10-8-16)20(25)14-29-23(28)18-5-4-6-19(13-18)24-21(26)11-12-22(24)27/h4-10,13,15H,3,11-12,14H2,1-2H3/t15-/m0/s1. The van der Waals surface area contributed by atoms with Crippen molar-refractivity contribution in [2.24, 2.45) is 0 Å². The van der Waals surface area contributed by atoms with Gasteiger partial charge in [0.2, 0.25) is 11.8 Å². The maximum absolute atomic E-state index is 12.3. The second-order valence-corrected chi connectivity index (χ2v) is 7.10. The zero-order valence-corrected chi connectivity index (χ0v) is 16.5. The molecule has 1 saturated heterocycles. The van der Waals surface area contributed by atoms with Crippen LogP contribution in [0, 0.1) is 0 Å². The van der Waals surface area contributed by atoms with E-state index < -0.39 is 5.97 Å². The molecule has 0 saturated carbocycles. The number of carbonyl (C=O) groups is 4. The molecular weight excluding hydrogens is 370 g/mol. The Morgan fingerprint density at radius 3 is 2.28 bits per heavy atom. The van der Waals surface area contributed by atoms with Gasteiger partial charge in [-0.05, 0) is 36.1 Å². The van der Waals surface area contributed by atoms with Gasteiger partial charge in [0, 0.05) is 18.4 Å². The number of benzene rings is 2. The molecule has 6 nitrogen and oxygen atoms in total. The zero-order valence-electron chi connectivity index (χ0n) is 16.5. The summed E-state index contributed by atoms with van der Waals surface area (Å²) in [6, 6.07) is 13.4. The summed E-state index contributed by atoms with van der Waals surface area (Å²) in [5, 5.41) is 0. The molecule has 0 N–H and O–H groups in total. The third kappa shape index (κ3) is 4.59. The van der Waals surface area contributed by atoms with Crippen LogP contribution in [0.25, 0.3) is 0 Å². The maximum atomic E-state index is 12.3. The SMILES string of the molecule is CC[C@H](C)c1ccc(C(=O)COC(=O)c2cccc(N3C(=O)CCC3=O)c2)cc1. The fourth-order valence-corrected chi connectivity index (χ4v) is 3.17. The summed E-state index contributed by atoms with van der Waals surface area (Å²) < 4.78 is 5.14. The van der Waals surface area contributed by atoms with Crippen molar-refractivity contribution in [3.63, 3.8) is 0 Å². The molecule has 1 aliphatic rings. The monoisotopic (exact) mass is 393 g/mol. The predicted octanol–water partition coefficient (Wildman–Crippen LogP) is 3.89. The third-order valence-corrected chi connectivity index (χ3v) is 5.14. The highest BCUT2D eigenvalue weighted by atomic mass is 16.5. The van der Waals surface area contributed by atoms with Crippen molar-refractivity contribution in [2.75, 3.05) is 11.5 Å². The van der Waals surface area contributed by atoms with E-state index >= 15 is 0 Å². The zero-order chi connectivity index (χ0) is 21.0. The number of hydrogen-bond acceptors (Lipinski definition) is 5. The van der Waals surface area contributed by atoms with Crippen molar-refractivity contribution in [2.45, 2.75) is 39.0 Å². The van der Waals surface area contributed by atoms with Gasteiger partial charge in [-0.25, -0.2) is 4.79 Å². The first-order chi connectivity index (χ1) is 13.9. The highest BCUT2D eigenvalue weighted by Gasteiger charge is 2.30. The summed E-state index contributed by atoms with van der Waals surface area (Å²) in [4.78, 5) is 49.5. The summed E-state index contributed by atoms with van der Waals surface area (Å²) in [6.07, 6.45) is 1.34. The van der Waals surface area contributed by atoms with Gasteiger partial charge in [0.1, 0.15) is 0 Å². The fraction of sp³-hybridized carbons (Fsp3) is 0.304. The smallest absolute Gasteiger partial charge is 0.338 e. The number of ketones is 1. The highest BCUT2D eigenvalue weighted by molar-refractivity contribution is 6.20. The number of amides is 2. The molecule has 1 aliphatic heterocycles. The first-order valence-electron chi connectivity index (χ1n) is 9.66. The van der Waals surface area contributed by atoms with Crippen LogP contribution in [0.5, 0.6) is 0 Å². The second-order valence-electron chi connectivity index (χ2n) is 7.10. The van der Waals surface area contributed by atoms with E-state index in [1.807, 2.05) is 12.1 Å². The van der Waals surface area contributed by atoms with E-state index in [0.717, 1.165) is 16.9 Å². The first-order valence-corrected chi connectivity index (χ1v) is 9.66. The van der Waals surface area contributed by atoms with Crippen molar-refractivity contribution in [3.8, 4) is 0 Å². The van der Waals surface area contributed by atoms with Crippen molar-refractivity contribution >= 4 is 29.3 Å². The maximum Gasteiger partial charge on any atom is 0.338 e. The lowest BCUT2D eigenvalue weighted by molar-refractivity contribution is -0.121. The van der Waals surface area contributed by atoms with Crippen molar-refractivity contribution in [3.05, 3.63) is 65.2 Å². The molecule has 3 rings (SSSR count). The van der Waals surface area contributed by atoms with E-state index in [1.165, 1.54) is 12.1 Å². The molecule has 0 spiro atoms. The average molecular weight is 393 g/mol. The number of carbonyl (C=O) groups excluding carboxylic acids is 4. The molecule has 2 aromatic rings. The summed E-state index contributed by atoms with van der Waals surface area (Å²) in [5.41, 5.74) is 2.14. The van der Waals surface area contributed by atoms with Crippen LogP contribution in [0.4, 0.5) is 5.69 Å². The van der Waals surface area contributed by atoms with E-state index in [1.54, 1.807) is 24.3 Å². The lowest BCUT2D eigenvalue weighted by Gasteiger charge is -2.14. The van der Waals surface area contributed by atoms with Crippen LogP contribution >= 0.6 is 0 Å². The number of ether oxygens (including phenoxy) is 1. The Morgan fingerprint density at radius 2 is 1.66 bits per heavy atom.